The minimum absolute atomic E-state index is 0.0478. The summed E-state index contributed by atoms with van der Waals surface area (Å²) in [5, 5.41) is 2.78. The van der Waals surface area contributed by atoms with E-state index in [2.05, 4.69) is 44.2 Å². The van der Waals surface area contributed by atoms with Crippen molar-refractivity contribution in [2.45, 2.75) is 71.9 Å². The van der Waals surface area contributed by atoms with Crippen molar-refractivity contribution >= 4 is 31.7 Å². The first-order valence-electron chi connectivity index (χ1n) is 10.2. The molecule has 1 N–H and O–H groups in total. The van der Waals surface area contributed by atoms with Crippen LogP contribution in [0.2, 0.25) is 23.2 Å². The van der Waals surface area contributed by atoms with Crippen LogP contribution in [0.5, 0.6) is 0 Å². The smallest absolute Gasteiger partial charge is 0.412 e. The lowest BCUT2D eigenvalue weighted by Crippen LogP contribution is -2.40. The van der Waals surface area contributed by atoms with Crippen molar-refractivity contribution in [3.8, 4) is 11.1 Å². The molecule has 0 spiro atoms. The summed E-state index contributed by atoms with van der Waals surface area (Å²) >= 11 is 6.40. The van der Waals surface area contributed by atoms with Crippen molar-refractivity contribution in [1.29, 1.82) is 0 Å². The number of benzene rings is 1. The monoisotopic (exact) mass is 466 g/mol. The van der Waals surface area contributed by atoms with E-state index in [0.29, 0.717) is 17.7 Å². The molecule has 1 amide bonds. The average Bonchev–Trinajstić information content (AvgIpc) is 2.60. The predicted octanol–water partition coefficient (Wildman–Crippen LogP) is 7.41. The Kier molecular flexibility index (Phi) is 7.56. The summed E-state index contributed by atoms with van der Waals surface area (Å²) in [4.78, 5) is 16.2. The Morgan fingerprint density at radius 1 is 1.13 bits per heavy atom. The molecule has 1 aromatic carbocycles. The number of rotatable bonds is 5. The summed E-state index contributed by atoms with van der Waals surface area (Å²) in [6.45, 7) is 16.5. The molecule has 0 saturated carbocycles. The minimum atomic E-state index is -1.91. The number of amides is 1. The zero-order valence-corrected chi connectivity index (χ0v) is 21.3. The van der Waals surface area contributed by atoms with Gasteiger partial charge in [-0.3, -0.25) is 10.3 Å². The molecule has 0 radical (unpaired) electrons. The van der Waals surface area contributed by atoms with E-state index < -0.39 is 25.8 Å². The number of nitrogens with one attached hydrogen (secondary N) is 1. The molecule has 0 saturated heterocycles. The van der Waals surface area contributed by atoms with E-state index in [1.807, 2.05) is 6.07 Å². The van der Waals surface area contributed by atoms with Crippen LogP contribution in [0.4, 0.5) is 14.9 Å². The highest BCUT2D eigenvalue weighted by molar-refractivity contribution is 6.74. The topological polar surface area (TPSA) is 60.5 Å². The molecule has 2 aromatic rings. The molecule has 0 atom stereocenters. The van der Waals surface area contributed by atoms with Crippen LogP contribution in [0.3, 0.4) is 0 Å². The molecule has 1 heterocycles. The van der Waals surface area contributed by atoms with Crippen LogP contribution in [0.1, 0.15) is 47.1 Å². The van der Waals surface area contributed by atoms with Gasteiger partial charge in [0.2, 0.25) is 0 Å². The first-order valence-corrected chi connectivity index (χ1v) is 13.4. The highest BCUT2D eigenvalue weighted by atomic mass is 35.5. The number of hydrogen-bond acceptors (Lipinski definition) is 4. The van der Waals surface area contributed by atoms with Crippen LogP contribution >= 0.6 is 11.6 Å². The van der Waals surface area contributed by atoms with Crippen LogP contribution < -0.4 is 5.32 Å². The summed E-state index contributed by atoms with van der Waals surface area (Å²) in [7, 11) is -1.91. The Morgan fingerprint density at radius 2 is 1.77 bits per heavy atom. The number of hydrogen-bond donors (Lipinski definition) is 1. The highest BCUT2D eigenvalue weighted by Crippen LogP contribution is 2.37. The summed E-state index contributed by atoms with van der Waals surface area (Å²) in [5.74, 6) is -0.617. The molecule has 8 heteroatoms. The Balaban J connectivity index is 2.23. The van der Waals surface area contributed by atoms with Gasteiger partial charge in [-0.2, -0.15) is 0 Å². The molecule has 0 aliphatic heterocycles. The lowest BCUT2D eigenvalue weighted by Gasteiger charge is -2.36. The first kappa shape index (κ1) is 25.3. The molecular weight excluding hydrogens is 435 g/mol. The molecule has 170 valence electrons. The van der Waals surface area contributed by atoms with E-state index >= 15 is 0 Å². The second kappa shape index (κ2) is 9.26. The summed E-state index contributed by atoms with van der Waals surface area (Å²) < 4.78 is 26.1. The normalized spacial score (nSPS) is 12.6. The maximum Gasteiger partial charge on any atom is 0.412 e. The van der Waals surface area contributed by atoms with Crippen LogP contribution in [0.25, 0.3) is 11.1 Å². The number of nitrogens with zero attached hydrogens (tertiary/aromatic N) is 1. The van der Waals surface area contributed by atoms with Gasteiger partial charge in [0.1, 0.15) is 11.4 Å². The Bertz CT molecular complexity index is 953. The van der Waals surface area contributed by atoms with Gasteiger partial charge >= 0.3 is 6.09 Å². The van der Waals surface area contributed by atoms with Gasteiger partial charge in [0.15, 0.2) is 8.32 Å². The summed E-state index contributed by atoms with van der Waals surface area (Å²) in [6, 6.07) is 4.54. The number of pyridine rings is 1. The molecule has 0 unspecified atom stereocenters. The van der Waals surface area contributed by atoms with Gasteiger partial charge in [0, 0.05) is 23.5 Å². The lowest BCUT2D eigenvalue weighted by atomic mass is 10.1. The maximum absolute atomic E-state index is 14.7. The zero-order valence-electron chi connectivity index (χ0n) is 19.5. The van der Waals surface area contributed by atoms with Crippen molar-refractivity contribution in [2.24, 2.45) is 0 Å². The third-order valence-electron chi connectivity index (χ3n) is 5.20. The quantitative estimate of drug-likeness (QED) is 0.466. The second-order valence-corrected chi connectivity index (χ2v) is 15.3. The Morgan fingerprint density at radius 3 is 2.35 bits per heavy atom. The Labute approximate surface area is 190 Å². The molecule has 0 aliphatic carbocycles. The fourth-order valence-electron chi connectivity index (χ4n) is 2.47. The van der Waals surface area contributed by atoms with Gasteiger partial charge in [-0.05, 0) is 62.7 Å². The third-order valence-corrected chi connectivity index (χ3v) is 10.00. The fourth-order valence-corrected chi connectivity index (χ4v) is 3.70. The number of ether oxygens (including phenoxy) is 1. The molecule has 0 fully saturated rings. The number of halogens is 2. The molecule has 1 aromatic heterocycles. The molecule has 0 aliphatic rings. The summed E-state index contributed by atoms with van der Waals surface area (Å²) in [6.07, 6.45) is 2.61. The third kappa shape index (κ3) is 7.02. The van der Waals surface area contributed by atoms with E-state index in [4.69, 9.17) is 20.8 Å². The number of carbonyl (C=O) groups excluding carboxylic acids is 1. The van der Waals surface area contributed by atoms with Crippen molar-refractivity contribution in [3.63, 3.8) is 0 Å². The summed E-state index contributed by atoms with van der Waals surface area (Å²) in [5.41, 5.74) is 1.30. The van der Waals surface area contributed by atoms with E-state index in [9.17, 15) is 9.18 Å². The first-order chi connectivity index (χ1) is 14.1. The molecule has 31 heavy (non-hydrogen) atoms. The second-order valence-electron chi connectivity index (χ2n) is 10.1. The van der Waals surface area contributed by atoms with Crippen molar-refractivity contribution in [1.82, 2.24) is 4.98 Å². The van der Waals surface area contributed by atoms with Crippen LogP contribution in [-0.4, -0.2) is 25.0 Å². The number of aromatic nitrogens is 1. The lowest BCUT2D eigenvalue weighted by molar-refractivity contribution is 0.0635. The molecule has 5 nitrogen and oxygen atoms in total. The van der Waals surface area contributed by atoms with E-state index in [1.165, 1.54) is 12.1 Å². The molecule has 2 rings (SSSR count). The number of anilines is 1. The predicted molar refractivity (Wildman–Crippen MR) is 126 cm³/mol. The van der Waals surface area contributed by atoms with E-state index in [1.54, 1.807) is 33.2 Å². The van der Waals surface area contributed by atoms with Crippen molar-refractivity contribution < 1.29 is 18.3 Å². The van der Waals surface area contributed by atoms with Crippen LogP contribution in [-0.2, 0) is 15.8 Å². The fraction of sp³-hybridized carbons (Fsp3) is 0.478. The Hall–Kier alpha value is -1.96. The van der Waals surface area contributed by atoms with Gasteiger partial charge in [0.05, 0.1) is 17.3 Å². The zero-order chi connectivity index (χ0) is 23.6. The van der Waals surface area contributed by atoms with Crippen LogP contribution in [0.15, 0.2) is 30.6 Å². The maximum atomic E-state index is 14.7. The molecule has 0 bridgehead atoms. The standard InChI is InChI=1S/C23H32ClFN2O3Si/c1-22(2,3)30-21(28)27-20-11-18(24)17(10-19(20)25)16-9-15(12-26-13-16)14-29-31(7,8)23(4,5)6/h9-13H,14H2,1-8H3,(H,27,28). The van der Waals surface area contributed by atoms with Crippen LogP contribution in [0, 0.1) is 5.82 Å². The average molecular weight is 467 g/mol. The minimum Gasteiger partial charge on any atom is -0.444 e. The SMILES string of the molecule is CC(C)(C)OC(=O)Nc1cc(Cl)c(-c2cncc(CO[Si](C)(C)C(C)(C)C)c2)cc1F. The van der Waals surface area contributed by atoms with E-state index in [0.717, 1.165) is 5.56 Å². The van der Waals surface area contributed by atoms with Gasteiger partial charge in [-0.25, -0.2) is 9.18 Å². The largest absolute Gasteiger partial charge is 0.444 e. The van der Waals surface area contributed by atoms with Gasteiger partial charge < -0.3 is 9.16 Å². The molecular formula is C23H32ClFN2O3Si. The van der Waals surface area contributed by atoms with Gasteiger partial charge in [0.25, 0.3) is 0 Å². The van der Waals surface area contributed by atoms with Gasteiger partial charge in [-0.15, -0.1) is 0 Å². The van der Waals surface area contributed by atoms with Crippen molar-refractivity contribution in [3.05, 3.63) is 47.0 Å². The van der Waals surface area contributed by atoms with Crippen molar-refractivity contribution in [2.75, 3.05) is 5.32 Å². The van der Waals surface area contributed by atoms with Gasteiger partial charge in [-0.1, -0.05) is 32.4 Å². The number of carbonyl (C=O) groups is 1. The highest BCUT2D eigenvalue weighted by Gasteiger charge is 2.37. The van der Waals surface area contributed by atoms with E-state index in [-0.39, 0.29) is 15.7 Å².